The van der Waals surface area contributed by atoms with Gasteiger partial charge in [0.1, 0.15) is 0 Å². The molecule has 0 spiro atoms. The molecule has 66 valence electrons. The van der Waals surface area contributed by atoms with Crippen molar-refractivity contribution in [1.29, 1.82) is 0 Å². The number of thioether (sulfide) groups is 1. The molecule has 0 amide bonds. The van der Waals surface area contributed by atoms with Gasteiger partial charge in [0.25, 0.3) is 0 Å². The second-order valence-electron chi connectivity index (χ2n) is 3.10. The van der Waals surface area contributed by atoms with E-state index in [0.29, 0.717) is 0 Å². The van der Waals surface area contributed by atoms with Crippen molar-refractivity contribution in [2.45, 2.75) is 24.8 Å². The lowest BCUT2D eigenvalue weighted by Crippen LogP contribution is -2.17. The van der Waals surface area contributed by atoms with Crippen LogP contribution in [-0.4, -0.2) is 11.8 Å². The highest BCUT2D eigenvalue weighted by molar-refractivity contribution is 7.99. The summed E-state index contributed by atoms with van der Waals surface area (Å²) in [5.41, 5.74) is 6.96. The fraction of sp³-hybridized carbons (Fsp3) is 0.400. The van der Waals surface area contributed by atoms with Gasteiger partial charge >= 0.3 is 0 Å². The standard InChI is InChI=1S/C10H15NS/c1-8-3-5-10(6-4-8)12-7-9(2)11/h3-6,9H,7,11H2,1-2H3. The third-order valence-electron chi connectivity index (χ3n) is 1.53. The Labute approximate surface area is 78.4 Å². The largest absolute Gasteiger partial charge is 0.327 e. The minimum atomic E-state index is 0.274. The van der Waals surface area contributed by atoms with Crippen LogP contribution in [0, 0.1) is 6.92 Å². The number of hydrogen-bond acceptors (Lipinski definition) is 2. The van der Waals surface area contributed by atoms with Crippen molar-refractivity contribution < 1.29 is 0 Å². The molecule has 1 nitrogen and oxygen atoms in total. The summed E-state index contributed by atoms with van der Waals surface area (Å²) in [6, 6.07) is 8.81. The minimum absolute atomic E-state index is 0.274. The van der Waals surface area contributed by atoms with E-state index >= 15 is 0 Å². The van der Waals surface area contributed by atoms with Gasteiger partial charge in [-0.2, -0.15) is 0 Å². The summed E-state index contributed by atoms with van der Waals surface area (Å²) >= 11 is 1.81. The summed E-state index contributed by atoms with van der Waals surface area (Å²) in [6.07, 6.45) is 0. The zero-order valence-electron chi connectivity index (χ0n) is 7.58. The summed E-state index contributed by atoms with van der Waals surface area (Å²) < 4.78 is 0. The Morgan fingerprint density at radius 3 is 2.42 bits per heavy atom. The van der Waals surface area contributed by atoms with Crippen molar-refractivity contribution in [3.63, 3.8) is 0 Å². The van der Waals surface area contributed by atoms with Gasteiger partial charge in [-0.3, -0.25) is 0 Å². The normalized spacial score (nSPS) is 12.9. The monoisotopic (exact) mass is 181 g/mol. The Balaban J connectivity index is 2.48. The first-order valence-electron chi connectivity index (χ1n) is 4.13. The van der Waals surface area contributed by atoms with Gasteiger partial charge in [0.15, 0.2) is 0 Å². The molecule has 0 aliphatic rings. The van der Waals surface area contributed by atoms with Crippen LogP contribution in [0.3, 0.4) is 0 Å². The Morgan fingerprint density at radius 1 is 1.33 bits per heavy atom. The van der Waals surface area contributed by atoms with Crippen LogP contribution in [0.5, 0.6) is 0 Å². The molecule has 0 aliphatic carbocycles. The predicted molar refractivity (Wildman–Crippen MR) is 55.6 cm³/mol. The second kappa shape index (κ2) is 4.53. The lowest BCUT2D eigenvalue weighted by Gasteiger charge is -2.04. The van der Waals surface area contributed by atoms with Gasteiger partial charge in [-0.05, 0) is 26.0 Å². The van der Waals surface area contributed by atoms with Crippen LogP contribution < -0.4 is 5.73 Å². The number of hydrogen-bond donors (Lipinski definition) is 1. The Bertz CT molecular complexity index is 228. The van der Waals surface area contributed by atoms with Crippen LogP contribution in [0.2, 0.25) is 0 Å². The molecule has 1 unspecified atom stereocenters. The lowest BCUT2D eigenvalue weighted by atomic mass is 10.2. The highest BCUT2D eigenvalue weighted by Crippen LogP contribution is 2.18. The molecule has 0 bridgehead atoms. The molecule has 1 atom stereocenters. The number of aryl methyl sites for hydroxylation is 1. The first kappa shape index (κ1) is 9.62. The number of benzene rings is 1. The maximum Gasteiger partial charge on any atom is 0.0129 e. The van der Waals surface area contributed by atoms with E-state index in [2.05, 4.69) is 31.2 Å². The molecule has 0 aromatic heterocycles. The van der Waals surface area contributed by atoms with Crippen molar-refractivity contribution in [3.05, 3.63) is 29.8 Å². The van der Waals surface area contributed by atoms with Crippen LogP contribution in [-0.2, 0) is 0 Å². The number of rotatable bonds is 3. The fourth-order valence-corrected chi connectivity index (χ4v) is 1.65. The van der Waals surface area contributed by atoms with Gasteiger partial charge in [-0.15, -0.1) is 11.8 Å². The van der Waals surface area contributed by atoms with Crippen LogP contribution >= 0.6 is 11.8 Å². The average molecular weight is 181 g/mol. The Morgan fingerprint density at radius 2 is 1.92 bits per heavy atom. The number of nitrogens with two attached hydrogens (primary N) is 1. The lowest BCUT2D eigenvalue weighted by molar-refractivity contribution is 0.847. The molecule has 2 N–H and O–H groups in total. The van der Waals surface area contributed by atoms with Crippen molar-refractivity contribution in [2.75, 3.05) is 5.75 Å². The minimum Gasteiger partial charge on any atom is -0.327 e. The van der Waals surface area contributed by atoms with E-state index in [1.54, 1.807) is 0 Å². The molecule has 12 heavy (non-hydrogen) atoms. The molecule has 2 heteroatoms. The summed E-state index contributed by atoms with van der Waals surface area (Å²) in [7, 11) is 0. The zero-order chi connectivity index (χ0) is 8.97. The summed E-state index contributed by atoms with van der Waals surface area (Å²) in [4.78, 5) is 1.30. The molecule has 1 rings (SSSR count). The molecule has 0 heterocycles. The van der Waals surface area contributed by atoms with Crippen LogP contribution in [0.15, 0.2) is 29.2 Å². The van der Waals surface area contributed by atoms with Crippen molar-refractivity contribution in [3.8, 4) is 0 Å². The van der Waals surface area contributed by atoms with Gasteiger partial charge in [0, 0.05) is 16.7 Å². The van der Waals surface area contributed by atoms with Crippen molar-refractivity contribution in [2.24, 2.45) is 5.73 Å². The van der Waals surface area contributed by atoms with E-state index in [-0.39, 0.29) is 6.04 Å². The van der Waals surface area contributed by atoms with Crippen molar-refractivity contribution >= 4 is 11.8 Å². The molecule has 1 aromatic carbocycles. The molecule has 0 saturated heterocycles. The average Bonchev–Trinajstić information content (AvgIpc) is 2.03. The molecule has 0 saturated carbocycles. The maximum absolute atomic E-state index is 5.65. The molecular formula is C10H15NS. The van der Waals surface area contributed by atoms with Crippen LogP contribution in [0.1, 0.15) is 12.5 Å². The van der Waals surface area contributed by atoms with Gasteiger partial charge < -0.3 is 5.73 Å². The maximum atomic E-state index is 5.65. The van der Waals surface area contributed by atoms with E-state index in [1.807, 2.05) is 18.7 Å². The second-order valence-corrected chi connectivity index (χ2v) is 4.19. The van der Waals surface area contributed by atoms with Crippen molar-refractivity contribution in [1.82, 2.24) is 0 Å². The van der Waals surface area contributed by atoms with E-state index < -0.39 is 0 Å². The van der Waals surface area contributed by atoms with E-state index in [4.69, 9.17) is 5.73 Å². The molecule has 0 fully saturated rings. The zero-order valence-corrected chi connectivity index (χ0v) is 8.40. The predicted octanol–water partition coefficient (Wildman–Crippen LogP) is 2.43. The first-order valence-corrected chi connectivity index (χ1v) is 5.12. The molecule has 0 radical (unpaired) electrons. The van der Waals surface area contributed by atoms with E-state index in [1.165, 1.54) is 10.5 Å². The van der Waals surface area contributed by atoms with E-state index in [0.717, 1.165) is 5.75 Å². The SMILES string of the molecule is Cc1ccc(SCC(C)N)cc1. The summed E-state index contributed by atoms with van der Waals surface area (Å²) in [6.45, 7) is 4.13. The third kappa shape index (κ3) is 3.28. The van der Waals surface area contributed by atoms with Gasteiger partial charge in [0.2, 0.25) is 0 Å². The highest BCUT2D eigenvalue weighted by Gasteiger charge is 1.96. The summed E-state index contributed by atoms with van der Waals surface area (Å²) in [5, 5.41) is 0. The third-order valence-corrected chi connectivity index (χ3v) is 2.83. The fourth-order valence-electron chi connectivity index (χ4n) is 0.862. The van der Waals surface area contributed by atoms with Gasteiger partial charge in [0.05, 0.1) is 0 Å². The summed E-state index contributed by atoms with van der Waals surface area (Å²) in [5.74, 6) is 0.989. The van der Waals surface area contributed by atoms with Gasteiger partial charge in [-0.1, -0.05) is 17.7 Å². The smallest absolute Gasteiger partial charge is 0.0129 e. The highest BCUT2D eigenvalue weighted by atomic mass is 32.2. The Hall–Kier alpha value is -0.470. The molecular weight excluding hydrogens is 166 g/mol. The molecule has 0 aliphatic heterocycles. The van der Waals surface area contributed by atoms with Crippen LogP contribution in [0.4, 0.5) is 0 Å². The van der Waals surface area contributed by atoms with Crippen LogP contribution in [0.25, 0.3) is 0 Å². The van der Waals surface area contributed by atoms with E-state index in [9.17, 15) is 0 Å². The van der Waals surface area contributed by atoms with Gasteiger partial charge in [-0.25, -0.2) is 0 Å². The Kier molecular flexibility index (Phi) is 3.63. The quantitative estimate of drug-likeness (QED) is 0.725. The topological polar surface area (TPSA) is 26.0 Å². The molecule has 1 aromatic rings. The first-order chi connectivity index (χ1) is 5.68.